The SMILES string of the molecule is CC[C@@]1(O)C(=O)CCc2c1cc1n(c2=O)Cc2c-1nc1c(C)c3c(c(C)c1c2CN(C)C)OCC3. The molecule has 6 rings (SSSR count). The van der Waals surface area contributed by atoms with Crippen molar-refractivity contribution in [3.8, 4) is 17.1 Å². The zero-order valence-electron chi connectivity index (χ0n) is 21.0. The van der Waals surface area contributed by atoms with Gasteiger partial charge in [0.05, 0.1) is 30.1 Å². The van der Waals surface area contributed by atoms with E-state index in [2.05, 4.69) is 18.7 Å². The first kappa shape index (κ1) is 22.4. The van der Waals surface area contributed by atoms with E-state index in [0.717, 1.165) is 51.0 Å². The number of aryl methyl sites for hydroxylation is 2. The van der Waals surface area contributed by atoms with Crippen molar-refractivity contribution in [1.29, 1.82) is 0 Å². The zero-order valence-corrected chi connectivity index (χ0v) is 21.0. The molecule has 182 valence electrons. The van der Waals surface area contributed by atoms with Crippen molar-refractivity contribution in [1.82, 2.24) is 14.5 Å². The lowest BCUT2D eigenvalue weighted by Gasteiger charge is -2.32. The third-order valence-electron chi connectivity index (χ3n) is 8.26. The van der Waals surface area contributed by atoms with Crippen LogP contribution < -0.4 is 10.3 Å². The molecule has 2 aliphatic heterocycles. The topological polar surface area (TPSA) is 84.7 Å². The number of nitrogens with zero attached hydrogens (tertiary/aromatic N) is 3. The molecule has 2 aromatic heterocycles. The molecule has 0 unspecified atom stereocenters. The fourth-order valence-electron chi connectivity index (χ4n) is 6.42. The Bertz CT molecular complexity index is 1520. The van der Waals surface area contributed by atoms with Crippen molar-refractivity contribution < 1.29 is 14.6 Å². The summed E-state index contributed by atoms with van der Waals surface area (Å²) in [6.45, 7) is 7.85. The van der Waals surface area contributed by atoms with Gasteiger partial charge in [-0.15, -0.1) is 0 Å². The van der Waals surface area contributed by atoms with Crippen LogP contribution in [-0.4, -0.2) is 46.0 Å². The monoisotopic (exact) mass is 473 g/mol. The molecule has 0 bridgehead atoms. The number of fused-ring (bicyclic) bond motifs is 6. The van der Waals surface area contributed by atoms with Gasteiger partial charge in [-0.1, -0.05) is 6.92 Å². The van der Waals surface area contributed by atoms with Crippen molar-refractivity contribution in [3.05, 3.63) is 55.4 Å². The summed E-state index contributed by atoms with van der Waals surface area (Å²) >= 11 is 0. The molecule has 1 aliphatic carbocycles. The van der Waals surface area contributed by atoms with Crippen LogP contribution in [0.3, 0.4) is 0 Å². The second-order valence-corrected chi connectivity index (χ2v) is 10.5. The van der Waals surface area contributed by atoms with Gasteiger partial charge in [0, 0.05) is 52.6 Å². The Balaban J connectivity index is 1.70. The van der Waals surface area contributed by atoms with Crippen LogP contribution in [-0.2, 0) is 36.3 Å². The summed E-state index contributed by atoms with van der Waals surface area (Å²) < 4.78 is 7.82. The molecule has 7 nitrogen and oxygen atoms in total. The fourth-order valence-corrected chi connectivity index (χ4v) is 6.42. The predicted octanol–water partition coefficient (Wildman–Crippen LogP) is 3.15. The van der Waals surface area contributed by atoms with Gasteiger partial charge in [0.1, 0.15) is 11.4 Å². The van der Waals surface area contributed by atoms with Crippen LogP contribution in [0.2, 0.25) is 0 Å². The molecule has 1 N–H and O–H groups in total. The van der Waals surface area contributed by atoms with Gasteiger partial charge in [-0.05, 0) is 58.0 Å². The molecule has 1 atom stereocenters. The van der Waals surface area contributed by atoms with E-state index < -0.39 is 5.60 Å². The summed E-state index contributed by atoms with van der Waals surface area (Å²) in [7, 11) is 4.09. The Kier molecular flexibility index (Phi) is 4.80. The predicted molar refractivity (Wildman–Crippen MR) is 134 cm³/mol. The highest BCUT2D eigenvalue weighted by Crippen LogP contribution is 2.45. The van der Waals surface area contributed by atoms with Gasteiger partial charge >= 0.3 is 0 Å². The molecule has 0 fully saturated rings. The summed E-state index contributed by atoms with van der Waals surface area (Å²) in [6, 6.07) is 1.86. The quantitative estimate of drug-likeness (QED) is 0.492. The summed E-state index contributed by atoms with van der Waals surface area (Å²) in [5.41, 5.74) is 7.37. The summed E-state index contributed by atoms with van der Waals surface area (Å²) in [6.07, 6.45) is 1.68. The van der Waals surface area contributed by atoms with Gasteiger partial charge in [-0.3, -0.25) is 9.59 Å². The number of aliphatic hydroxyl groups is 1. The van der Waals surface area contributed by atoms with Crippen LogP contribution in [0.1, 0.15) is 58.7 Å². The van der Waals surface area contributed by atoms with Crippen LogP contribution in [0.4, 0.5) is 0 Å². The van der Waals surface area contributed by atoms with Gasteiger partial charge in [0.25, 0.3) is 5.56 Å². The lowest BCUT2D eigenvalue weighted by molar-refractivity contribution is -0.140. The Labute approximate surface area is 204 Å². The highest BCUT2D eigenvalue weighted by Gasteiger charge is 2.43. The number of carbonyl (C=O) groups is 1. The average molecular weight is 474 g/mol. The van der Waals surface area contributed by atoms with Crippen molar-refractivity contribution >= 4 is 16.7 Å². The number of carbonyl (C=O) groups excluding carboxylic acids is 1. The third-order valence-corrected chi connectivity index (χ3v) is 8.26. The molecule has 0 spiro atoms. The molecule has 3 aliphatic rings. The Morgan fingerprint density at radius 1 is 1.11 bits per heavy atom. The first-order chi connectivity index (χ1) is 16.7. The molecule has 3 aromatic rings. The van der Waals surface area contributed by atoms with Crippen molar-refractivity contribution in [2.24, 2.45) is 0 Å². The average Bonchev–Trinajstić information content (AvgIpc) is 3.46. The second kappa shape index (κ2) is 7.48. The van der Waals surface area contributed by atoms with E-state index in [1.807, 2.05) is 20.2 Å². The Morgan fingerprint density at radius 2 is 1.89 bits per heavy atom. The van der Waals surface area contributed by atoms with E-state index in [1.54, 1.807) is 11.5 Å². The molecule has 35 heavy (non-hydrogen) atoms. The van der Waals surface area contributed by atoms with Crippen LogP contribution in [0.5, 0.6) is 5.75 Å². The number of rotatable bonds is 3. The standard InChI is InChI=1S/C28H31N3O4/c1-6-28(34)20-11-21-25-19(13-31(21)27(33)17(20)7-8-22(28)32)18(12-30(4)5)23-15(3)26-16(9-10-35-26)14(2)24(23)29-25/h11,34H,6-10,12-13H2,1-5H3/t28-/m0/s1. The van der Waals surface area contributed by atoms with Crippen LogP contribution in [0.25, 0.3) is 22.3 Å². The normalized spacial score (nSPS) is 20.1. The van der Waals surface area contributed by atoms with E-state index >= 15 is 0 Å². The molecule has 0 saturated heterocycles. The highest BCUT2D eigenvalue weighted by molar-refractivity contribution is 5.96. The van der Waals surface area contributed by atoms with E-state index in [-0.39, 0.29) is 24.2 Å². The first-order valence-corrected chi connectivity index (χ1v) is 12.5. The number of benzene rings is 1. The molecular formula is C28H31N3O4. The Hall–Kier alpha value is -3.03. The van der Waals surface area contributed by atoms with Gasteiger partial charge in [0.2, 0.25) is 0 Å². The molecule has 0 radical (unpaired) electrons. The molecule has 0 saturated carbocycles. The van der Waals surface area contributed by atoms with Crippen molar-refractivity contribution in [3.63, 3.8) is 0 Å². The smallest absolute Gasteiger partial charge is 0.254 e. The maximum Gasteiger partial charge on any atom is 0.254 e. The summed E-state index contributed by atoms with van der Waals surface area (Å²) in [4.78, 5) is 33.7. The van der Waals surface area contributed by atoms with E-state index in [0.29, 0.717) is 42.9 Å². The number of hydrogen-bond donors (Lipinski definition) is 1. The largest absolute Gasteiger partial charge is 0.493 e. The van der Waals surface area contributed by atoms with Gasteiger partial charge in [-0.25, -0.2) is 4.98 Å². The maximum atomic E-state index is 13.7. The van der Waals surface area contributed by atoms with Gasteiger partial charge < -0.3 is 19.3 Å². The Morgan fingerprint density at radius 3 is 2.60 bits per heavy atom. The van der Waals surface area contributed by atoms with Crippen molar-refractivity contribution in [2.45, 2.75) is 65.1 Å². The van der Waals surface area contributed by atoms with Crippen LogP contribution in [0.15, 0.2) is 10.9 Å². The number of pyridine rings is 2. The maximum absolute atomic E-state index is 13.7. The lowest BCUT2D eigenvalue weighted by Crippen LogP contribution is -2.43. The summed E-state index contributed by atoms with van der Waals surface area (Å²) in [5.74, 6) is 0.767. The van der Waals surface area contributed by atoms with Gasteiger partial charge in [0.15, 0.2) is 5.78 Å². The minimum atomic E-state index is -1.61. The lowest BCUT2D eigenvalue weighted by atomic mass is 9.77. The molecule has 7 heteroatoms. The number of ketones is 1. The second-order valence-electron chi connectivity index (χ2n) is 10.5. The van der Waals surface area contributed by atoms with Crippen LogP contribution >= 0.6 is 0 Å². The van der Waals surface area contributed by atoms with E-state index in [1.165, 1.54) is 5.56 Å². The summed E-state index contributed by atoms with van der Waals surface area (Å²) in [5, 5.41) is 12.4. The zero-order chi connectivity index (χ0) is 24.8. The number of hydrogen-bond acceptors (Lipinski definition) is 6. The molecule has 0 amide bonds. The van der Waals surface area contributed by atoms with Crippen molar-refractivity contribution in [2.75, 3.05) is 20.7 Å². The van der Waals surface area contributed by atoms with E-state index in [9.17, 15) is 14.7 Å². The molecule has 4 heterocycles. The van der Waals surface area contributed by atoms with E-state index in [4.69, 9.17) is 9.72 Å². The van der Waals surface area contributed by atoms with Gasteiger partial charge in [-0.2, -0.15) is 0 Å². The minimum Gasteiger partial charge on any atom is -0.493 e. The first-order valence-electron chi connectivity index (χ1n) is 12.5. The number of aromatic nitrogens is 2. The highest BCUT2D eigenvalue weighted by atomic mass is 16.5. The van der Waals surface area contributed by atoms with Crippen LogP contribution in [0, 0.1) is 13.8 Å². The molecule has 1 aromatic carbocycles. The fraction of sp³-hybridized carbons (Fsp3) is 0.464. The third kappa shape index (κ3) is 2.88. The number of ether oxygens (including phenoxy) is 1. The molecular weight excluding hydrogens is 442 g/mol. The number of Topliss-reactive ketones (excluding diaryl/α,β-unsaturated/α-hetero) is 1. The minimum absolute atomic E-state index is 0.117.